The Morgan fingerprint density at radius 2 is 0.478 bits per heavy atom. The van der Waals surface area contributed by atoms with Gasteiger partial charge < -0.3 is 0 Å². The molecule has 0 saturated carbocycles. The van der Waals surface area contributed by atoms with Crippen molar-refractivity contribution in [2.45, 2.75) is 123 Å². The van der Waals surface area contributed by atoms with Gasteiger partial charge in [0.1, 0.15) is 0 Å². The molecule has 0 saturated heterocycles. The van der Waals surface area contributed by atoms with Gasteiger partial charge in [-0.1, -0.05) is 123 Å². The van der Waals surface area contributed by atoms with Crippen LogP contribution in [0.2, 0.25) is 60.9 Å². The molecule has 0 aromatic heterocycles. The highest BCUT2D eigenvalue weighted by Crippen LogP contribution is 2.50. The van der Waals surface area contributed by atoms with Crippen molar-refractivity contribution in [3.8, 4) is 0 Å². The van der Waals surface area contributed by atoms with E-state index in [1.54, 1.807) is 54.4 Å². The van der Waals surface area contributed by atoms with Crippen LogP contribution in [0.1, 0.15) is 62.3 Å². The van der Waals surface area contributed by atoms with Crippen LogP contribution in [0.3, 0.4) is 0 Å². The fourth-order valence-corrected chi connectivity index (χ4v) is 110. The molecule has 0 aromatic carbocycles. The Hall–Kier alpha value is 0.868. The summed E-state index contributed by atoms with van der Waals surface area (Å²) >= 11 is 0. The van der Waals surface area contributed by atoms with E-state index in [-0.39, 0.29) is 0 Å². The van der Waals surface area contributed by atoms with E-state index in [0.717, 1.165) is 0 Å². The number of hydrogen-bond acceptors (Lipinski definition) is 0. The summed E-state index contributed by atoms with van der Waals surface area (Å²) in [6.45, 7) is 25.3. The molecule has 0 rings (SSSR count). The van der Waals surface area contributed by atoms with Gasteiger partial charge in [-0.15, -0.1) is 0 Å². The molecule has 0 aliphatic rings. The summed E-state index contributed by atoms with van der Waals surface area (Å²) < 4.78 is 0. The zero-order valence-electron chi connectivity index (χ0n) is 18.4. The number of rotatable bonds is 12. The first kappa shape index (κ1) is 23.9. The van der Waals surface area contributed by atoms with Crippen LogP contribution in [0.4, 0.5) is 0 Å². The Labute approximate surface area is 152 Å². The van der Waals surface area contributed by atoms with Gasteiger partial charge in [-0.25, -0.2) is 0 Å². The van der Waals surface area contributed by atoms with Crippen molar-refractivity contribution < 1.29 is 0 Å². The molecule has 0 radical (unpaired) electrons. The lowest BCUT2D eigenvalue weighted by Gasteiger charge is -2.64. The minimum atomic E-state index is -1.17. The van der Waals surface area contributed by atoms with Crippen molar-refractivity contribution in [2.75, 3.05) is 0 Å². The molecular formula is C19H48Si4. The largest absolute Gasteiger partial charge is 0.0746 e. The first-order chi connectivity index (χ1) is 10.8. The fourth-order valence-electron chi connectivity index (χ4n) is 7.12. The molecular weight excluding hydrogens is 341 g/mol. The summed E-state index contributed by atoms with van der Waals surface area (Å²) in [4.78, 5) is 0. The van der Waals surface area contributed by atoms with Crippen LogP contribution in [0.25, 0.3) is 0 Å². The maximum absolute atomic E-state index is 3.04. The zero-order valence-corrected chi connectivity index (χ0v) is 22.4. The molecule has 0 aliphatic heterocycles. The Bertz CT molecular complexity index is 253. The average molecular weight is 389 g/mol. The lowest BCUT2D eigenvalue weighted by Crippen LogP contribution is -2.86. The van der Waals surface area contributed by atoms with Gasteiger partial charge in [0.2, 0.25) is 0 Å². The van der Waals surface area contributed by atoms with Crippen LogP contribution < -0.4 is 0 Å². The predicted octanol–water partition coefficient (Wildman–Crippen LogP) is 7.83. The second-order valence-electron chi connectivity index (χ2n) is 8.15. The Kier molecular flexibility index (Phi) is 9.89. The summed E-state index contributed by atoms with van der Waals surface area (Å²) in [5, 5.41) is 0. The maximum atomic E-state index is 3.04. The minimum absolute atomic E-state index is 1.11. The van der Waals surface area contributed by atoms with Crippen molar-refractivity contribution in [2.24, 2.45) is 0 Å². The van der Waals surface area contributed by atoms with Crippen molar-refractivity contribution in [1.29, 1.82) is 0 Å². The minimum Gasteiger partial charge on any atom is -0.0746 e. The van der Waals surface area contributed by atoms with Gasteiger partial charge in [-0.2, -0.15) is 0 Å². The summed E-state index contributed by atoms with van der Waals surface area (Å²) in [7, 11) is -3.32. The SMILES string of the molecule is CC[Si](CC)(CC)[Si](C)([Si](CC)(CC)CC)[Si](CC)(CC)CC. The smallest absolute Gasteiger partial charge is 0.0418 e. The third-order valence-electron chi connectivity index (χ3n) is 9.27. The molecule has 0 amide bonds. The van der Waals surface area contributed by atoms with E-state index >= 15 is 0 Å². The van der Waals surface area contributed by atoms with Crippen molar-refractivity contribution in [3.63, 3.8) is 0 Å². The molecule has 0 aromatic rings. The van der Waals surface area contributed by atoms with Gasteiger partial charge in [0, 0.05) is 29.4 Å². The van der Waals surface area contributed by atoms with Gasteiger partial charge in [-0.05, 0) is 0 Å². The summed E-state index contributed by atoms with van der Waals surface area (Å²) in [5.74, 6) is 0. The van der Waals surface area contributed by atoms with Crippen LogP contribution in [0, 0.1) is 0 Å². The Morgan fingerprint density at radius 1 is 0.348 bits per heavy atom. The predicted molar refractivity (Wildman–Crippen MR) is 123 cm³/mol. The molecule has 0 atom stereocenters. The molecule has 0 aliphatic carbocycles. The van der Waals surface area contributed by atoms with Crippen molar-refractivity contribution in [1.82, 2.24) is 0 Å². The van der Waals surface area contributed by atoms with Gasteiger partial charge in [-0.3, -0.25) is 0 Å². The Morgan fingerprint density at radius 3 is 0.565 bits per heavy atom. The first-order valence-electron chi connectivity index (χ1n) is 10.8. The summed E-state index contributed by atoms with van der Waals surface area (Å²) in [5.41, 5.74) is 0. The molecule has 0 bridgehead atoms. The third-order valence-corrected chi connectivity index (χ3v) is 85.1. The highest BCUT2D eigenvalue weighted by Gasteiger charge is 2.66. The van der Waals surface area contributed by atoms with E-state index in [1.807, 2.05) is 0 Å². The van der Waals surface area contributed by atoms with Crippen LogP contribution in [-0.4, -0.2) is 29.4 Å². The second-order valence-corrected chi connectivity index (χ2v) is 47.5. The highest BCUT2D eigenvalue weighted by molar-refractivity contribution is 7.90. The van der Waals surface area contributed by atoms with Crippen LogP contribution in [0.5, 0.6) is 0 Å². The Balaban J connectivity index is 6.86. The summed E-state index contributed by atoms with van der Waals surface area (Å²) in [6.07, 6.45) is 0. The normalized spacial score (nSPS) is 14.3. The quantitative estimate of drug-likeness (QED) is 0.299. The lowest BCUT2D eigenvalue weighted by atomic mass is 10.9. The van der Waals surface area contributed by atoms with E-state index < -0.39 is 29.4 Å². The monoisotopic (exact) mass is 388 g/mol. The molecule has 0 heterocycles. The average Bonchev–Trinajstić information content (AvgIpc) is 2.61. The molecule has 0 unspecified atom stereocenters. The zero-order chi connectivity index (χ0) is 18.4. The molecule has 0 N–H and O–H groups in total. The number of hydrogen-bond donors (Lipinski definition) is 0. The second kappa shape index (κ2) is 9.53. The van der Waals surface area contributed by atoms with E-state index in [2.05, 4.69) is 68.9 Å². The standard InChI is InChI=1S/C19H48Si4/c1-11-21(12-2,13-3)20(10,22(14-4,15-5)16-6)23(17-7,18-8)19-9/h11-19H2,1-10H3. The van der Waals surface area contributed by atoms with Crippen LogP contribution >= 0.6 is 0 Å². The maximum Gasteiger partial charge on any atom is 0.0418 e. The van der Waals surface area contributed by atoms with Crippen LogP contribution in [-0.2, 0) is 0 Å². The summed E-state index contributed by atoms with van der Waals surface area (Å²) in [6, 6.07) is 14.3. The molecule has 0 nitrogen and oxygen atoms in total. The van der Waals surface area contributed by atoms with Gasteiger partial charge in [0.15, 0.2) is 0 Å². The molecule has 140 valence electrons. The molecule has 23 heavy (non-hydrogen) atoms. The first-order valence-corrected chi connectivity index (χ1v) is 24.2. The van der Waals surface area contributed by atoms with Crippen molar-refractivity contribution >= 4 is 29.4 Å². The van der Waals surface area contributed by atoms with Gasteiger partial charge in [0.05, 0.1) is 0 Å². The molecule has 0 spiro atoms. The van der Waals surface area contributed by atoms with E-state index in [9.17, 15) is 0 Å². The highest BCUT2D eigenvalue weighted by atomic mass is 29.9. The lowest BCUT2D eigenvalue weighted by molar-refractivity contribution is 1.16. The fraction of sp³-hybridized carbons (Fsp3) is 1.00. The van der Waals surface area contributed by atoms with Gasteiger partial charge >= 0.3 is 0 Å². The molecule has 0 fully saturated rings. The van der Waals surface area contributed by atoms with Crippen molar-refractivity contribution in [3.05, 3.63) is 0 Å². The molecule has 4 heteroatoms. The topological polar surface area (TPSA) is 0 Å². The van der Waals surface area contributed by atoms with E-state index in [1.165, 1.54) is 0 Å². The van der Waals surface area contributed by atoms with E-state index in [4.69, 9.17) is 0 Å². The van der Waals surface area contributed by atoms with Crippen LogP contribution in [0.15, 0.2) is 0 Å². The third kappa shape index (κ3) is 3.31. The van der Waals surface area contributed by atoms with Gasteiger partial charge in [0.25, 0.3) is 0 Å². The van der Waals surface area contributed by atoms with E-state index in [0.29, 0.717) is 0 Å².